The van der Waals surface area contributed by atoms with E-state index >= 15 is 0 Å². The molecule has 0 saturated heterocycles. The van der Waals surface area contributed by atoms with E-state index in [2.05, 4.69) is 34.1 Å². The van der Waals surface area contributed by atoms with Gasteiger partial charge in [-0.3, -0.25) is 10.00 Å². The van der Waals surface area contributed by atoms with E-state index in [1.807, 2.05) is 24.3 Å². The molecule has 3 rings (SSSR count). The average molecular weight is 417 g/mol. The van der Waals surface area contributed by atoms with Crippen LogP contribution in [0.5, 0.6) is 11.5 Å². The smallest absolute Gasteiger partial charge is 0.161 e. The van der Waals surface area contributed by atoms with Gasteiger partial charge in [0.25, 0.3) is 0 Å². The molecule has 1 saturated carbocycles. The van der Waals surface area contributed by atoms with Crippen LogP contribution in [0.1, 0.15) is 43.4 Å². The molecule has 0 amide bonds. The summed E-state index contributed by atoms with van der Waals surface area (Å²) in [6.45, 7) is 2.46. The lowest BCUT2D eigenvalue weighted by atomic mass is 9.94. The highest BCUT2D eigenvalue weighted by atomic mass is 16.5. The molecule has 0 aliphatic heterocycles. The lowest BCUT2D eigenvalue weighted by molar-refractivity contribution is 0.0553. The Balaban J connectivity index is 1.49. The number of aliphatic hydroxyl groups is 1. The maximum Gasteiger partial charge on any atom is 0.161 e. The third-order valence-corrected chi connectivity index (χ3v) is 5.81. The molecule has 1 unspecified atom stereocenters. The Morgan fingerprint density at radius 2 is 1.93 bits per heavy atom. The molecular weight excluding hydrogens is 380 g/mol. The highest BCUT2D eigenvalue weighted by Gasteiger charge is 2.20. The van der Waals surface area contributed by atoms with Gasteiger partial charge >= 0.3 is 0 Å². The Hall–Kier alpha value is -2.09. The van der Waals surface area contributed by atoms with Gasteiger partial charge in [-0.2, -0.15) is 5.10 Å². The van der Waals surface area contributed by atoms with Gasteiger partial charge in [-0.15, -0.1) is 0 Å². The Labute approximate surface area is 180 Å². The molecule has 1 aromatic heterocycles. The molecule has 1 aromatic carbocycles. The SMILES string of the molecule is COc1cc(CN(C)Cc2ccn[nH]2)ccc1OCC(O)CN(C)C1CCCCC1. The van der Waals surface area contributed by atoms with Crippen molar-refractivity contribution >= 4 is 0 Å². The van der Waals surface area contributed by atoms with E-state index in [9.17, 15) is 5.11 Å². The molecular formula is C23H36N4O3. The van der Waals surface area contributed by atoms with Gasteiger partial charge in [-0.05, 0) is 50.7 Å². The van der Waals surface area contributed by atoms with Crippen LogP contribution in [0.25, 0.3) is 0 Å². The number of methoxy groups -OCH3 is 1. The number of nitrogens with zero attached hydrogens (tertiary/aromatic N) is 3. The molecule has 7 heteroatoms. The number of aromatic amines is 1. The summed E-state index contributed by atoms with van der Waals surface area (Å²) in [6.07, 6.45) is 7.62. The van der Waals surface area contributed by atoms with Gasteiger partial charge < -0.3 is 19.5 Å². The number of hydrogen-bond acceptors (Lipinski definition) is 6. The number of hydrogen-bond donors (Lipinski definition) is 2. The highest BCUT2D eigenvalue weighted by molar-refractivity contribution is 5.43. The summed E-state index contributed by atoms with van der Waals surface area (Å²) in [5, 5.41) is 17.4. The van der Waals surface area contributed by atoms with E-state index in [1.165, 1.54) is 32.1 Å². The molecule has 2 N–H and O–H groups in total. The zero-order chi connectivity index (χ0) is 21.3. The predicted octanol–water partition coefficient (Wildman–Crippen LogP) is 3.05. The standard InChI is InChI=1S/C23H36N4O3/c1-26(15-19-11-12-24-25-19)14-18-9-10-22(23(13-18)29-3)30-17-21(28)16-27(2)20-7-5-4-6-8-20/h9-13,20-21,28H,4-8,14-17H2,1-3H3,(H,24,25). The van der Waals surface area contributed by atoms with Crippen LogP contribution in [-0.2, 0) is 13.1 Å². The number of nitrogens with one attached hydrogen (secondary N) is 1. The van der Waals surface area contributed by atoms with Crippen LogP contribution in [0, 0.1) is 0 Å². The van der Waals surface area contributed by atoms with Crippen molar-refractivity contribution in [3.8, 4) is 11.5 Å². The fourth-order valence-corrected chi connectivity index (χ4v) is 4.20. The van der Waals surface area contributed by atoms with E-state index in [0.717, 1.165) is 24.3 Å². The molecule has 1 aliphatic carbocycles. The summed E-state index contributed by atoms with van der Waals surface area (Å²) in [6, 6.07) is 8.53. The lowest BCUT2D eigenvalue weighted by Crippen LogP contribution is -2.40. The molecule has 0 radical (unpaired) electrons. The predicted molar refractivity (Wildman–Crippen MR) is 118 cm³/mol. The highest BCUT2D eigenvalue weighted by Crippen LogP contribution is 2.29. The van der Waals surface area contributed by atoms with Crippen LogP contribution in [0.3, 0.4) is 0 Å². The number of likely N-dealkylation sites (N-methyl/N-ethyl adjacent to an activating group) is 1. The van der Waals surface area contributed by atoms with Crippen LogP contribution in [0.2, 0.25) is 0 Å². The van der Waals surface area contributed by atoms with Crippen LogP contribution in [0.4, 0.5) is 0 Å². The Morgan fingerprint density at radius 1 is 1.13 bits per heavy atom. The van der Waals surface area contributed by atoms with Crippen molar-refractivity contribution in [2.45, 2.75) is 57.3 Å². The lowest BCUT2D eigenvalue weighted by Gasteiger charge is -2.32. The number of ether oxygens (including phenoxy) is 2. The number of aliphatic hydroxyl groups excluding tert-OH is 1. The van der Waals surface area contributed by atoms with Crippen LogP contribution in [-0.4, -0.2) is 71.6 Å². The van der Waals surface area contributed by atoms with Crippen molar-refractivity contribution in [1.82, 2.24) is 20.0 Å². The number of rotatable bonds is 11. The fraction of sp³-hybridized carbons (Fsp3) is 0.609. The van der Waals surface area contributed by atoms with E-state index < -0.39 is 6.10 Å². The Kier molecular flexibility index (Phi) is 8.54. The fourth-order valence-electron chi connectivity index (χ4n) is 4.20. The second kappa shape index (κ2) is 11.3. The zero-order valence-corrected chi connectivity index (χ0v) is 18.5. The molecule has 2 aromatic rings. The first-order chi connectivity index (χ1) is 14.5. The summed E-state index contributed by atoms with van der Waals surface area (Å²) in [4.78, 5) is 4.48. The van der Waals surface area contributed by atoms with Crippen molar-refractivity contribution in [3.63, 3.8) is 0 Å². The minimum atomic E-state index is -0.526. The molecule has 0 spiro atoms. The third-order valence-electron chi connectivity index (χ3n) is 5.81. The number of benzene rings is 1. The summed E-state index contributed by atoms with van der Waals surface area (Å²) in [7, 11) is 5.82. The van der Waals surface area contributed by atoms with Crippen molar-refractivity contribution in [1.29, 1.82) is 0 Å². The first-order valence-electron chi connectivity index (χ1n) is 10.9. The minimum absolute atomic E-state index is 0.256. The second-order valence-electron chi connectivity index (χ2n) is 8.44. The first kappa shape index (κ1) is 22.6. The monoisotopic (exact) mass is 416 g/mol. The first-order valence-corrected chi connectivity index (χ1v) is 10.9. The molecule has 0 bridgehead atoms. The van der Waals surface area contributed by atoms with Gasteiger partial charge in [-0.25, -0.2) is 0 Å². The van der Waals surface area contributed by atoms with Crippen molar-refractivity contribution in [3.05, 3.63) is 41.7 Å². The van der Waals surface area contributed by atoms with Gasteiger partial charge in [0.1, 0.15) is 12.7 Å². The quantitative estimate of drug-likeness (QED) is 0.587. The van der Waals surface area contributed by atoms with Gasteiger partial charge in [0.05, 0.1) is 7.11 Å². The molecule has 166 valence electrons. The van der Waals surface area contributed by atoms with E-state index in [-0.39, 0.29) is 6.61 Å². The van der Waals surface area contributed by atoms with Crippen LogP contribution < -0.4 is 9.47 Å². The summed E-state index contributed by atoms with van der Waals surface area (Å²) in [5.74, 6) is 1.35. The van der Waals surface area contributed by atoms with Crippen molar-refractivity contribution in [2.75, 3.05) is 34.4 Å². The Morgan fingerprint density at radius 3 is 2.63 bits per heavy atom. The number of aromatic nitrogens is 2. The molecule has 7 nitrogen and oxygen atoms in total. The van der Waals surface area contributed by atoms with Crippen LogP contribution in [0.15, 0.2) is 30.5 Å². The van der Waals surface area contributed by atoms with Gasteiger partial charge in [0.2, 0.25) is 0 Å². The molecule has 30 heavy (non-hydrogen) atoms. The minimum Gasteiger partial charge on any atom is -0.493 e. The van der Waals surface area contributed by atoms with Gasteiger partial charge in [0.15, 0.2) is 11.5 Å². The van der Waals surface area contributed by atoms with E-state index in [1.54, 1.807) is 13.3 Å². The average Bonchev–Trinajstić information content (AvgIpc) is 3.26. The molecule has 1 atom stereocenters. The molecule has 1 aliphatic rings. The molecule has 1 heterocycles. The second-order valence-corrected chi connectivity index (χ2v) is 8.44. The van der Waals surface area contributed by atoms with Gasteiger partial charge in [0, 0.05) is 37.6 Å². The number of H-pyrrole nitrogens is 1. The Bertz CT molecular complexity index is 747. The normalized spacial score (nSPS) is 16.2. The van der Waals surface area contributed by atoms with Crippen molar-refractivity contribution in [2.24, 2.45) is 0 Å². The topological polar surface area (TPSA) is 73.8 Å². The van der Waals surface area contributed by atoms with E-state index in [4.69, 9.17) is 9.47 Å². The summed E-state index contributed by atoms with van der Waals surface area (Å²) < 4.78 is 11.4. The van der Waals surface area contributed by atoms with Gasteiger partial charge in [-0.1, -0.05) is 25.3 Å². The maximum absolute atomic E-state index is 10.4. The van der Waals surface area contributed by atoms with Crippen molar-refractivity contribution < 1.29 is 14.6 Å². The van der Waals surface area contributed by atoms with Crippen LogP contribution >= 0.6 is 0 Å². The summed E-state index contributed by atoms with van der Waals surface area (Å²) >= 11 is 0. The third kappa shape index (κ3) is 6.72. The largest absolute Gasteiger partial charge is 0.493 e. The summed E-state index contributed by atoms with van der Waals surface area (Å²) in [5.41, 5.74) is 2.22. The van der Waals surface area contributed by atoms with E-state index in [0.29, 0.717) is 24.1 Å². The maximum atomic E-state index is 10.4. The zero-order valence-electron chi connectivity index (χ0n) is 18.5. The molecule has 1 fully saturated rings.